The Labute approximate surface area is 99.9 Å². The number of pyridine rings is 1. The minimum atomic E-state index is -0.664. The van der Waals surface area contributed by atoms with Crippen molar-refractivity contribution in [3.63, 3.8) is 0 Å². The molecule has 0 spiro atoms. The average Bonchev–Trinajstić information content (AvgIpc) is 2.25. The first-order valence-corrected chi connectivity index (χ1v) is 5.56. The van der Waals surface area contributed by atoms with E-state index in [1.54, 1.807) is 0 Å². The van der Waals surface area contributed by atoms with Gasteiger partial charge in [0.05, 0.1) is 17.9 Å². The normalized spacial score (nSPS) is 12.5. The van der Waals surface area contributed by atoms with Crippen LogP contribution in [0.2, 0.25) is 0 Å². The second-order valence-electron chi connectivity index (χ2n) is 4.35. The summed E-state index contributed by atoms with van der Waals surface area (Å²) in [6, 6.07) is 1.31. The number of hydrogen-bond donors (Lipinski definition) is 2. The van der Waals surface area contributed by atoms with Crippen LogP contribution in [0.15, 0.2) is 18.5 Å². The largest absolute Gasteiger partial charge is 0.391 e. The molecule has 0 aliphatic rings. The van der Waals surface area contributed by atoms with Crippen LogP contribution in [0.1, 0.15) is 30.6 Å². The Morgan fingerprint density at radius 2 is 2.29 bits per heavy atom. The Hall–Kier alpha value is -1.49. The summed E-state index contributed by atoms with van der Waals surface area (Å²) < 4.78 is 13.2. The van der Waals surface area contributed by atoms with Crippen LogP contribution < -0.4 is 5.32 Å². The number of rotatable bonds is 5. The van der Waals surface area contributed by atoms with Crippen molar-refractivity contribution in [3.05, 3.63) is 29.8 Å². The lowest BCUT2D eigenvalue weighted by Gasteiger charge is -2.13. The lowest BCUT2D eigenvalue weighted by molar-refractivity contribution is 0.0896. The van der Waals surface area contributed by atoms with Crippen molar-refractivity contribution < 1.29 is 14.3 Å². The van der Waals surface area contributed by atoms with Crippen molar-refractivity contribution in [3.8, 4) is 0 Å². The van der Waals surface area contributed by atoms with Crippen LogP contribution >= 0.6 is 0 Å². The summed E-state index contributed by atoms with van der Waals surface area (Å²) in [4.78, 5) is 15.1. The van der Waals surface area contributed by atoms with Crippen molar-refractivity contribution >= 4 is 5.91 Å². The Bertz CT molecular complexity index is 383. The fraction of sp³-hybridized carbons (Fsp3) is 0.500. The fourth-order valence-electron chi connectivity index (χ4n) is 1.49. The first-order chi connectivity index (χ1) is 8.00. The Morgan fingerprint density at radius 1 is 1.59 bits per heavy atom. The first-order valence-electron chi connectivity index (χ1n) is 5.56. The molecule has 1 atom stereocenters. The summed E-state index contributed by atoms with van der Waals surface area (Å²) in [5, 5.41) is 12.1. The maximum absolute atomic E-state index is 13.2. The quantitative estimate of drug-likeness (QED) is 0.816. The lowest BCUT2D eigenvalue weighted by atomic mass is 10.1. The Kier molecular flexibility index (Phi) is 5.03. The number of nitrogens with zero attached hydrogens (tertiary/aromatic N) is 1. The smallest absolute Gasteiger partial charge is 0.254 e. The number of carbonyl (C=O) groups excluding carboxylic acids is 1. The molecule has 0 aliphatic carbocycles. The third-order valence-corrected chi connectivity index (χ3v) is 2.26. The van der Waals surface area contributed by atoms with E-state index in [0.717, 1.165) is 6.20 Å². The van der Waals surface area contributed by atoms with Gasteiger partial charge < -0.3 is 10.4 Å². The summed E-state index contributed by atoms with van der Waals surface area (Å²) >= 11 is 0. The molecule has 1 amide bonds. The number of aliphatic hydroxyl groups excluding tert-OH is 1. The minimum absolute atomic E-state index is 0.0586. The maximum atomic E-state index is 13.2. The SMILES string of the molecule is CC(C)CC(O)CNC(=O)c1ccncc1F. The van der Waals surface area contributed by atoms with Gasteiger partial charge >= 0.3 is 0 Å². The predicted molar refractivity (Wildman–Crippen MR) is 62.0 cm³/mol. The van der Waals surface area contributed by atoms with E-state index in [1.165, 1.54) is 12.3 Å². The van der Waals surface area contributed by atoms with Crippen LogP contribution in [-0.2, 0) is 0 Å². The number of carbonyl (C=O) groups is 1. The zero-order valence-corrected chi connectivity index (χ0v) is 9.98. The van der Waals surface area contributed by atoms with E-state index in [2.05, 4.69) is 10.3 Å². The molecule has 1 aromatic rings. The molecule has 1 rings (SSSR count). The summed E-state index contributed by atoms with van der Waals surface area (Å²) in [6.07, 6.45) is 2.32. The van der Waals surface area contributed by atoms with Gasteiger partial charge in [-0.1, -0.05) is 13.8 Å². The Balaban J connectivity index is 2.48. The molecule has 0 fully saturated rings. The summed E-state index contributed by atoms with van der Waals surface area (Å²) in [7, 11) is 0. The summed E-state index contributed by atoms with van der Waals surface area (Å²) in [6.45, 7) is 4.08. The van der Waals surface area contributed by atoms with Crippen molar-refractivity contribution in [1.29, 1.82) is 0 Å². The molecule has 0 saturated carbocycles. The third kappa shape index (κ3) is 4.48. The molecular formula is C12H17FN2O2. The second-order valence-corrected chi connectivity index (χ2v) is 4.35. The van der Waals surface area contributed by atoms with E-state index in [4.69, 9.17) is 0 Å². The van der Waals surface area contributed by atoms with Crippen molar-refractivity contribution in [2.75, 3.05) is 6.54 Å². The van der Waals surface area contributed by atoms with E-state index in [1.807, 2.05) is 13.8 Å². The van der Waals surface area contributed by atoms with Crippen molar-refractivity contribution in [2.24, 2.45) is 5.92 Å². The van der Waals surface area contributed by atoms with Gasteiger partial charge in [0.1, 0.15) is 0 Å². The van der Waals surface area contributed by atoms with Crippen molar-refractivity contribution in [1.82, 2.24) is 10.3 Å². The molecule has 0 aliphatic heterocycles. The number of aromatic nitrogens is 1. The van der Waals surface area contributed by atoms with Gasteiger partial charge in [0.25, 0.3) is 5.91 Å². The molecule has 4 nitrogen and oxygen atoms in total. The van der Waals surface area contributed by atoms with Gasteiger partial charge in [0.2, 0.25) is 0 Å². The third-order valence-electron chi connectivity index (χ3n) is 2.26. The van der Waals surface area contributed by atoms with Gasteiger partial charge in [-0.2, -0.15) is 0 Å². The maximum Gasteiger partial charge on any atom is 0.254 e. The van der Waals surface area contributed by atoms with Gasteiger partial charge in [0.15, 0.2) is 5.82 Å². The molecule has 0 radical (unpaired) electrons. The number of amides is 1. The van der Waals surface area contributed by atoms with E-state index in [9.17, 15) is 14.3 Å². The molecule has 0 bridgehead atoms. The second kappa shape index (κ2) is 6.30. The molecule has 1 unspecified atom stereocenters. The molecule has 94 valence electrons. The monoisotopic (exact) mass is 240 g/mol. The van der Waals surface area contributed by atoms with E-state index < -0.39 is 17.8 Å². The number of hydrogen-bond acceptors (Lipinski definition) is 3. The van der Waals surface area contributed by atoms with Crippen LogP contribution in [-0.4, -0.2) is 28.6 Å². The van der Waals surface area contributed by atoms with Gasteiger partial charge in [-0.3, -0.25) is 9.78 Å². The highest BCUT2D eigenvalue weighted by Crippen LogP contribution is 2.06. The number of halogens is 1. The fourth-order valence-corrected chi connectivity index (χ4v) is 1.49. The molecule has 17 heavy (non-hydrogen) atoms. The Morgan fingerprint density at radius 3 is 2.88 bits per heavy atom. The van der Waals surface area contributed by atoms with Crippen molar-refractivity contribution in [2.45, 2.75) is 26.4 Å². The van der Waals surface area contributed by atoms with E-state index in [0.29, 0.717) is 12.3 Å². The summed E-state index contributed by atoms with van der Waals surface area (Å²) in [5.74, 6) is -0.851. The zero-order valence-electron chi connectivity index (χ0n) is 9.98. The molecule has 0 aromatic carbocycles. The molecule has 5 heteroatoms. The molecule has 1 aromatic heterocycles. The number of aliphatic hydroxyl groups is 1. The molecule has 2 N–H and O–H groups in total. The molecule has 0 saturated heterocycles. The van der Waals surface area contributed by atoms with Gasteiger partial charge in [0, 0.05) is 12.7 Å². The van der Waals surface area contributed by atoms with Gasteiger partial charge in [-0.05, 0) is 18.4 Å². The zero-order chi connectivity index (χ0) is 12.8. The van der Waals surface area contributed by atoms with Gasteiger partial charge in [-0.15, -0.1) is 0 Å². The van der Waals surface area contributed by atoms with E-state index >= 15 is 0 Å². The average molecular weight is 240 g/mol. The van der Waals surface area contributed by atoms with Crippen LogP contribution in [0.5, 0.6) is 0 Å². The highest BCUT2D eigenvalue weighted by atomic mass is 19.1. The van der Waals surface area contributed by atoms with Gasteiger partial charge in [-0.25, -0.2) is 4.39 Å². The van der Waals surface area contributed by atoms with E-state index in [-0.39, 0.29) is 12.1 Å². The lowest BCUT2D eigenvalue weighted by Crippen LogP contribution is -2.33. The topological polar surface area (TPSA) is 62.2 Å². The molecular weight excluding hydrogens is 223 g/mol. The van der Waals surface area contributed by atoms with Crippen LogP contribution in [0.25, 0.3) is 0 Å². The highest BCUT2D eigenvalue weighted by Gasteiger charge is 2.13. The van der Waals surface area contributed by atoms with Crippen LogP contribution in [0.4, 0.5) is 4.39 Å². The standard InChI is InChI=1S/C12H17FN2O2/c1-8(2)5-9(16)6-15-12(17)10-3-4-14-7-11(10)13/h3-4,7-9,16H,5-6H2,1-2H3,(H,15,17). The van der Waals surface area contributed by atoms with Crippen LogP contribution in [0, 0.1) is 11.7 Å². The summed E-state index contributed by atoms with van der Waals surface area (Å²) in [5.41, 5.74) is -0.0586. The predicted octanol–water partition coefficient (Wildman–Crippen LogP) is 1.36. The molecule has 1 heterocycles. The first kappa shape index (κ1) is 13.6. The number of nitrogens with one attached hydrogen (secondary N) is 1. The van der Waals surface area contributed by atoms with Crippen LogP contribution in [0.3, 0.4) is 0 Å². The highest BCUT2D eigenvalue weighted by molar-refractivity contribution is 5.94. The minimum Gasteiger partial charge on any atom is -0.391 e.